The molecular formula is C21H27FN6O3. The molecule has 10 heteroatoms. The molecule has 0 saturated heterocycles. The smallest absolute Gasteiger partial charge is 0.271 e. The van der Waals surface area contributed by atoms with Crippen LogP contribution >= 0.6 is 0 Å². The first-order chi connectivity index (χ1) is 14.7. The third kappa shape index (κ3) is 4.16. The SMILES string of the molecule is CC1(C)CC(=O)c2c(CF)nn(-c3cnc(C(N)=O)c(NC4CCC(O)CC4)n3)c2C1. The zero-order valence-electron chi connectivity index (χ0n) is 17.7. The Morgan fingerprint density at radius 1 is 1.32 bits per heavy atom. The highest BCUT2D eigenvalue weighted by atomic mass is 19.1. The van der Waals surface area contributed by atoms with E-state index < -0.39 is 12.6 Å². The van der Waals surface area contributed by atoms with Gasteiger partial charge in [0.15, 0.2) is 23.1 Å². The second-order valence-corrected chi connectivity index (χ2v) is 9.19. The number of nitrogens with zero attached hydrogens (tertiary/aromatic N) is 4. The van der Waals surface area contributed by atoms with E-state index in [9.17, 15) is 19.1 Å². The van der Waals surface area contributed by atoms with Gasteiger partial charge in [0.25, 0.3) is 5.91 Å². The van der Waals surface area contributed by atoms with Gasteiger partial charge in [-0.05, 0) is 37.5 Å². The Hall–Kier alpha value is -2.88. The summed E-state index contributed by atoms with van der Waals surface area (Å²) in [5.41, 5.74) is 6.20. The minimum atomic E-state index is -0.857. The summed E-state index contributed by atoms with van der Waals surface area (Å²) in [5, 5.41) is 17.3. The molecule has 0 atom stereocenters. The van der Waals surface area contributed by atoms with E-state index in [0.29, 0.717) is 36.9 Å². The number of aliphatic hydroxyl groups is 1. The minimum Gasteiger partial charge on any atom is -0.393 e. The lowest BCUT2D eigenvalue weighted by molar-refractivity contribution is 0.0908. The van der Waals surface area contributed by atoms with E-state index in [4.69, 9.17) is 5.73 Å². The summed E-state index contributed by atoms with van der Waals surface area (Å²) in [5.74, 6) is -0.352. The predicted molar refractivity (Wildman–Crippen MR) is 111 cm³/mol. The standard InChI is InChI=1S/C21H27FN6O3/c1-21(2)7-14-17(15(30)8-21)13(9-22)27-28(14)16-10-24-18(19(23)31)20(26-16)25-11-3-5-12(29)6-4-11/h10-12,29H,3-9H2,1-2H3,(H2,23,31)(H,25,26). The number of rotatable bonds is 5. The first kappa shape index (κ1) is 21.4. The molecular weight excluding hydrogens is 403 g/mol. The quantitative estimate of drug-likeness (QED) is 0.661. The van der Waals surface area contributed by atoms with Crippen LogP contribution < -0.4 is 11.1 Å². The molecule has 0 aliphatic heterocycles. The van der Waals surface area contributed by atoms with Crippen LogP contribution in [0.4, 0.5) is 10.2 Å². The highest BCUT2D eigenvalue weighted by Gasteiger charge is 2.37. The van der Waals surface area contributed by atoms with Crippen molar-refractivity contribution in [2.45, 2.75) is 71.2 Å². The van der Waals surface area contributed by atoms with Gasteiger partial charge in [0.2, 0.25) is 0 Å². The number of fused-ring (bicyclic) bond motifs is 1. The lowest BCUT2D eigenvalue weighted by Crippen LogP contribution is -2.30. The normalized spacial score (nSPS) is 22.8. The largest absolute Gasteiger partial charge is 0.393 e. The van der Waals surface area contributed by atoms with Crippen LogP contribution in [0, 0.1) is 5.41 Å². The number of carbonyl (C=O) groups excluding carboxylic acids is 2. The van der Waals surface area contributed by atoms with Gasteiger partial charge in [-0.15, -0.1) is 0 Å². The van der Waals surface area contributed by atoms with Crippen molar-refractivity contribution in [1.29, 1.82) is 0 Å². The zero-order valence-corrected chi connectivity index (χ0v) is 17.7. The molecule has 4 N–H and O–H groups in total. The van der Waals surface area contributed by atoms with Crippen LogP contribution in [0.25, 0.3) is 5.82 Å². The lowest BCUT2D eigenvalue weighted by Gasteiger charge is -2.29. The fraction of sp³-hybridized carbons (Fsp3) is 0.571. The molecule has 0 bridgehead atoms. The number of hydrogen-bond donors (Lipinski definition) is 3. The monoisotopic (exact) mass is 430 g/mol. The maximum atomic E-state index is 13.6. The molecule has 9 nitrogen and oxygen atoms in total. The average molecular weight is 430 g/mol. The van der Waals surface area contributed by atoms with Crippen molar-refractivity contribution >= 4 is 17.5 Å². The number of nitrogens with two attached hydrogens (primary N) is 1. The fourth-order valence-electron chi connectivity index (χ4n) is 4.49. The van der Waals surface area contributed by atoms with Crippen molar-refractivity contribution in [3.63, 3.8) is 0 Å². The minimum absolute atomic E-state index is 0.00184. The maximum absolute atomic E-state index is 13.6. The topological polar surface area (TPSA) is 136 Å². The van der Waals surface area contributed by atoms with Crippen LogP contribution in [0.5, 0.6) is 0 Å². The molecule has 4 rings (SSSR count). The highest BCUT2D eigenvalue weighted by molar-refractivity contribution is 6.00. The van der Waals surface area contributed by atoms with Gasteiger partial charge < -0.3 is 16.2 Å². The molecule has 2 heterocycles. The number of halogens is 1. The third-order valence-corrected chi connectivity index (χ3v) is 5.99. The number of aliphatic hydroxyl groups excluding tert-OH is 1. The van der Waals surface area contributed by atoms with Crippen LogP contribution in [0.2, 0.25) is 0 Å². The summed E-state index contributed by atoms with van der Waals surface area (Å²) >= 11 is 0. The molecule has 0 spiro atoms. The Morgan fingerprint density at radius 3 is 2.68 bits per heavy atom. The van der Waals surface area contributed by atoms with Crippen LogP contribution in [-0.2, 0) is 13.1 Å². The van der Waals surface area contributed by atoms with Crippen molar-refractivity contribution in [2.75, 3.05) is 5.32 Å². The van der Waals surface area contributed by atoms with Crippen molar-refractivity contribution in [2.24, 2.45) is 11.1 Å². The van der Waals surface area contributed by atoms with E-state index in [0.717, 1.165) is 12.8 Å². The van der Waals surface area contributed by atoms with Crippen molar-refractivity contribution in [3.05, 3.63) is 28.8 Å². The van der Waals surface area contributed by atoms with Crippen LogP contribution in [0.1, 0.15) is 78.2 Å². The molecule has 0 radical (unpaired) electrons. The molecule has 31 heavy (non-hydrogen) atoms. The summed E-state index contributed by atoms with van der Waals surface area (Å²) in [6.45, 7) is 3.10. The summed E-state index contributed by atoms with van der Waals surface area (Å²) in [7, 11) is 0. The number of carbonyl (C=O) groups is 2. The molecule has 1 fully saturated rings. The average Bonchev–Trinajstić information content (AvgIpc) is 3.07. The zero-order chi connectivity index (χ0) is 22.3. The number of ketones is 1. The van der Waals surface area contributed by atoms with E-state index in [1.54, 1.807) is 0 Å². The van der Waals surface area contributed by atoms with E-state index in [2.05, 4.69) is 20.4 Å². The number of hydrogen-bond acceptors (Lipinski definition) is 7. The number of anilines is 1. The Morgan fingerprint density at radius 2 is 2.03 bits per heavy atom. The summed E-state index contributed by atoms with van der Waals surface area (Å²) in [4.78, 5) is 33.3. The summed E-state index contributed by atoms with van der Waals surface area (Å²) < 4.78 is 15.1. The Balaban J connectivity index is 1.75. The van der Waals surface area contributed by atoms with Gasteiger partial charge in [-0.25, -0.2) is 19.0 Å². The fourth-order valence-corrected chi connectivity index (χ4v) is 4.49. The van der Waals surface area contributed by atoms with E-state index in [1.165, 1.54) is 10.9 Å². The van der Waals surface area contributed by atoms with Crippen LogP contribution in [-0.4, -0.2) is 48.7 Å². The lowest BCUT2D eigenvalue weighted by atomic mass is 9.75. The first-order valence-electron chi connectivity index (χ1n) is 10.5. The maximum Gasteiger partial charge on any atom is 0.271 e. The molecule has 0 unspecified atom stereocenters. The molecule has 1 amide bonds. The number of nitrogens with one attached hydrogen (secondary N) is 1. The number of alkyl halides is 1. The summed E-state index contributed by atoms with van der Waals surface area (Å²) in [6, 6.07) is 0.0134. The molecule has 2 aromatic rings. The van der Waals surface area contributed by atoms with Crippen molar-refractivity contribution < 1.29 is 19.1 Å². The summed E-state index contributed by atoms with van der Waals surface area (Å²) in [6.07, 6.45) is 4.64. The van der Waals surface area contributed by atoms with E-state index in [1.807, 2.05) is 13.8 Å². The van der Waals surface area contributed by atoms with Gasteiger partial charge in [0.05, 0.1) is 23.6 Å². The first-order valence-corrected chi connectivity index (χ1v) is 10.5. The molecule has 2 aliphatic carbocycles. The molecule has 1 saturated carbocycles. The molecule has 2 aliphatic rings. The number of amides is 1. The van der Waals surface area contributed by atoms with Crippen molar-refractivity contribution in [1.82, 2.24) is 19.7 Å². The van der Waals surface area contributed by atoms with Crippen LogP contribution in [0.15, 0.2) is 6.20 Å². The highest BCUT2D eigenvalue weighted by Crippen LogP contribution is 2.37. The second kappa shape index (κ2) is 7.99. The third-order valence-electron chi connectivity index (χ3n) is 5.99. The Labute approximate surface area is 179 Å². The molecule has 166 valence electrons. The number of aromatic nitrogens is 4. The second-order valence-electron chi connectivity index (χ2n) is 9.19. The number of primary amides is 1. The Kier molecular flexibility index (Phi) is 5.50. The van der Waals surface area contributed by atoms with Gasteiger partial charge in [0, 0.05) is 12.5 Å². The van der Waals surface area contributed by atoms with Gasteiger partial charge in [-0.1, -0.05) is 13.8 Å². The predicted octanol–water partition coefficient (Wildman–Crippen LogP) is 2.10. The van der Waals surface area contributed by atoms with Crippen LogP contribution in [0.3, 0.4) is 0 Å². The van der Waals surface area contributed by atoms with Gasteiger partial charge in [-0.3, -0.25) is 9.59 Å². The van der Waals surface area contributed by atoms with E-state index in [-0.39, 0.29) is 46.4 Å². The van der Waals surface area contributed by atoms with Gasteiger partial charge >= 0.3 is 0 Å². The molecule has 0 aromatic carbocycles. The van der Waals surface area contributed by atoms with Crippen molar-refractivity contribution in [3.8, 4) is 5.82 Å². The molecule has 2 aromatic heterocycles. The van der Waals surface area contributed by atoms with E-state index >= 15 is 0 Å². The Bertz CT molecular complexity index is 1030. The van der Waals surface area contributed by atoms with Gasteiger partial charge in [0.1, 0.15) is 12.4 Å². The number of Topliss-reactive ketones (excluding diaryl/α,β-unsaturated/α-hetero) is 1. The van der Waals surface area contributed by atoms with Gasteiger partial charge in [-0.2, -0.15) is 5.10 Å².